The molecule has 0 saturated carbocycles. The minimum atomic E-state index is -1.08. The van der Waals surface area contributed by atoms with Gasteiger partial charge in [-0.25, -0.2) is 0 Å². The highest BCUT2D eigenvalue weighted by Gasteiger charge is 2.29. The van der Waals surface area contributed by atoms with E-state index in [4.69, 9.17) is 14.2 Å². The van der Waals surface area contributed by atoms with Crippen LogP contribution in [-0.2, 0) is 30.2 Å². The van der Waals surface area contributed by atoms with Gasteiger partial charge < -0.3 is 19.3 Å². The van der Waals surface area contributed by atoms with Gasteiger partial charge in [0.05, 0.1) is 0 Å². The van der Waals surface area contributed by atoms with E-state index in [0.717, 1.165) is 6.42 Å². The van der Waals surface area contributed by atoms with Crippen molar-refractivity contribution in [2.45, 2.75) is 45.7 Å². The summed E-state index contributed by atoms with van der Waals surface area (Å²) in [4.78, 5) is 21.4. The number of aliphatic hydroxyl groups excluding tert-OH is 1. The molecule has 6 heteroatoms. The molecule has 0 spiro atoms. The Labute approximate surface area is 142 Å². The summed E-state index contributed by atoms with van der Waals surface area (Å²) in [5.41, 5.74) is 1.41. The van der Waals surface area contributed by atoms with Gasteiger partial charge in [0.1, 0.15) is 18.8 Å². The normalized spacial score (nSPS) is 22.1. The third-order valence-corrected chi connectivity index (χ3v) is 3.15. The summed E-state index contributed by atoms with van der Waals surface area (Å²) in [6, 6.07) is 10.5. The number of hydrogen-bond acceptors (Lipinski definition) is 6. The molecular weight excluding hydrogens is 312 g/mol. The molecule has 6 nitrogen and oxygen atoms in total. The molecule has 24 heavy (non-hydrogen) atoms. The van der Waals surface area contributed by atoms with Crippen molar-refractivity contribution in [2.75, 3.05) is 6.61 Å². The van der Waals surface area contributed by atoms with Gasteiger partial charge in [-0.05, 0) is 24.1 Å². The molecule has 1 aromatic rings. The van der Waals surface area contributed by atoms with Gasteiger partial charge in [-0.3, -0.25) is 9.59 Å². The van der Waals surface area contributed by atoms with Crippen molar-refractivity contribution < 1.29 is 28.9 Å². The summed E-state index contributed by atoms with van der Waals surface area (Å²) in [5.74, 6) is -0.934. The van der Waals surface area contributed by atoms with Crippen LogP contribution >= 0.6 is 0 Å². The average Bonchev–Trinajstić information content (AvgIpc) is 2.56. The second-order valence-corrected chi connectivity index (χ2v) is 5.17. The Bertz CT molecular complexity index is 540. The number of rotatable bonds is 4. The number of ether oxygens (including phenoxy) is 3. The first-order valence-electron chi connectivity index (χ1n) is 7.78. The molecule has 0 fully saturated rings. The van der Waals surface area contributed by atoms with Crippen LogP contribution in [0, 0.1) is 0 Å². The predicted molar refractivity (Wildman–Crippen MR) is 88.0 cm³/mol. The molecule has 1 aliphatic heterocycles. The van der Waals surface area contributed by atoms with Crippen molar-refractivity contribution in [3.63, 3.8) is 0 Å². The highest BCUT2D eigenvalue weighted by molar-refractivity contribution is 5.66. The average molecular weight is 336 g/mol. The van der Waals surface area contributed by atoms with E-state index in [1.54, 1.807) is 0 Å². The fourth-order valence-corrected chi connectivity index (χ4v) is 1.98. The Kier molecular flexibility index (Phi) is 8.75. The lowest BCUT2D eigenvalue weighted by Crippen LogP contribution is -2.41. The second-order valence-electron chi connectivity index (χ2n) is 5.17. The van der Waals surface area contributed by atoms with Crippen molar-refractivity contribution in [3.8, 4) is 0 Å². The smallest absolute Gasteiger partial charge is 0.303 e. The third-order valence-electron chi connectivity index (χ3n) is 3.15. The van der Waals surface area contributed by atoms with E-state index in [1.165, 1.54) is 31.6 Å². The maximum absolute atomic E-state index is 10.8. The summed E-state index contributed by atoms with van der Waals surface area (Å²) >= 11 is 0. The van der Waals surface area contributed by atoms with Gasteiger partial charge in [0, 0.05) is 13.8 Å². The number of carbonyl (C=O) groups excluding carboxylic acids is 2. The van der Waals surface area contributed by atoms with Crippen LogP contribution in [0.25, 0.3) is 0 Å². The lowest BCUT2D eigenvalue weighted by molar-refractivity contribution is -0.183. The quantitative estimate of drug-likeness (QED) is 0.669. The van der Waals surface area contributed by atoms with Crippen LogP contribution < -0.4 is 0 Å². The van der Waals surface area contributed by atoms with E-state index >= 15 is 0 Å². The van der Waals surface area contributed by atoms with E-state index < -0.39 is 30.4 Å². The maximum atomic E-state index is 10.8. The van der Waals surface area contributed by atoms with E-state index in [-0.39, 0.29) is 6.61 Å². The monoisotopic (exact) mass is 336 g/mol. The van der Waals surface area contributed by atoms with Gasteiger partial charge in [0.2, 0.25) is 0 Å². The van der Waals surface area contributed by atoms with Gasteiger partial charge in [0.25, 0.3) is 0 Å². The molecule has 0 aromatic heterocycles. The maximum Gasteiger partial charge on any atom is 0.303 e. The molecule has 1 aromatic carbocycles. The first-order valence-corrected chi connectivity index (χ1v) is 7.78. The number of carbonyl (C=O) groups is 2. The first-order chi connectivity index (χ1) is 11.4. The van der Waals surface area contributed by atoms with Gasteiger partial charge in [-0.2, -0.15) is 0 Å². The molecular formula is C18H24O6. The van der Waals surface area contributed by atoms with E-state index in [1.807, 2.05) is 6.07 Å². The molecule has 0 saturated heterocycles. The Morgan fingerprint density at radius 1 is 1.12 bits per heavy atom. The third kappa shape index (κ3) is 7.89. The summed E-state index contributed by atoms with van der Waals surface area (Å²) in [7, 11) is 0. The van der Waals surface area contributed by atoms with Crippen LogP contribution in [0.15, 0.2) is 42.5 Å². The molecule has 0 bridgehead atoms. The number of benzene rings is 1. The molecule has 132 valence electrons. The molecule has 1 aliphatic rings. The van der Waals surface area contributed by atoms with Crippen LogP contribution in [-0.4, -0.2) is 42.1 Å². The van der Waals surface area contributed by atoms with E-state index in [9.17, 15) is 14.7 Å². The van der Waals surface area contributed by atoms with Gasteiger partial charge >= 0.3 is 11.9 Å². The molecule has 1 N–H and O–H groups in total. The number of aryl methyl sites for hydroxylation is 1. The minimum Gasteiger partial charge on any atom is -0.463 e. The lowest BCUT2D eigenvalue weighted by atomic mass is 10.1. The molecule has 3 atom stereocenters. The van der Waals surface area contributed by atoms with E-state index in [2.05, 4.69) is 31.2 Å². The van der Waals surface area contributed by atoms with Crippen molar-refractivity contribution in [1.82, 2.24) is 0 Å². The Morgan fingerprint density at radius 3 is 2.29 bits per heavy atom. The minimum absolute atomic E-state index is 0.0747. The molecule has 2 rings (SSSR count). The zero-order valence-corrected chi connectivity index (χ0v) is 14.2. The molecule has 0 amide bonds. The largest absolute Gasteiger partial charge is 0.463 e. The van der Waals surface area contributed by atoms with Gasteiger partial charge in [-0.1, -0.05) is 37.3 Å². The van der Waals surface area contributed by atoms with Crippen LogP contribution in [0.3, 0.4) is 0 Å². The number of esters is 2. The summed E-state index contributed by atoms with van der Waals surface area (Å²) in [5, 5.41) is 9.21. The van der Waals surface area contributed by atoms with Crippen LogP contribution in [0.1, 0.15) is 26.3 Å². The zero-order valence-electron chi connectivity index (χ0n) is 14.2. The van der Waals surface area contributed by atoms with E-state index in [0.29, 0.717) is 0 Å². The van der Waals surface area contributed by atoms with Crippen molar-refractivity contribution in [3.05, 3.63) is 48.0 Å². The zero-order chi connectivity index (χ0) is 17.9. The Hall–Kier alpha value is -2.18. The highest BCUT2D eigenvalue weighted by Crippen LogP contribution is 2.15. The molecule has 1 heterocycles. The summed E-state index contributed by atoms with van der Waals surface area (Å²) in [6.45, 7) is 4.61. The van der Waals surface area contributed by atoms with Gasteiger partial charge in [-0.15, -0.1) is 0 Å². The summed E-state index contributed by atoms with van der Waals surface area (Å²) in [6.07, 6.45) is 1.59. The topological polar surface area (TPSA) is 82.1 Å². The van der Waals surface area contributed by atoms with Crippen molar-refractivity contribution >= 4 is 11.9 Å². The second kappa shape index (κ2) is 10.6. The number of aliphatic hydroxyl groups is 1. The fourth-order valence-electron chi connectivity index (χ4n) is 1.98. The standard InChI is InChI=1S/C10H14O6.C8H10/c1-6(11)14-5-9-8(15-7(2)12)3-4-10(13)16-9;1-2-8-6-4-3-5-7-8/h3-4,8-10,13H,5H2,1-2H3;3-7H,2H2,1H3/t8-,9+,10-;/m0./s1. The summed E-state index contributed by atoms with van der Waals surface area (Å²) < 4.78 is 14.7. The van der Waals surface area contributed by atoms with Crippen molar-refractivity contribution in [2.24, 2.45) is 0 Å². The molecule has 0 radical (unpaired) electrons. The number of hydrogen-bond donors (Lipinski definition) is 1. The van der Waals surface area contributed by atoms with Gasteiger partial charge in [0.15, 0.2) is 6.29 Å². The lowest BCUT2D eigenvalue weighted by Gasteiger charge is -2.29. The first kappa shape index (κ1) is 19.9. The molecule has 0 unspecified atom stereocenters. The predicted octanol–water partition coefficient (Wildman–Crippen LogP) is 2.00. The SMILES string of the molecule is CC(=O)OC[C@H]1O[C@H](O)C=C[C@@H]1OC(C)=O.CCc1ccccc1. The highest BCUT2D eigenvalue weighted by atomic mass is 16.6. The van der Waals surface area contributed by atoms with Crippen molar-refractivity contribution in [1.29, 1.82) is 0 Å². The Balaban J connectivity index is 0.000000300. The van der Waals surface area contributed by atoms with Crippen LogP contribution in [0.4, 0.5) is 0 Å². The fraction of sp³-hybridized carbons (Fsp3) is 0.444. The molecule has 0 aliphatic carbocycles. The Morgan fingerprint density at radius 2 is 1.79 bits per heavy atom. The van der Waals surface area contributed by atoms with Crippen LogP contribution in [0.2, 0.25) is 0 Å². The van der Waals surface area contributed by atoms with Crippen LogP contribution in [0.5, 0.6) is 0 Å².